The van der Waals surface area contributed by atoms with E-state index in [1.807, 2.05) is 6.07 Å². The summed E-state index contributed by atoms with van der Waals surface area (Å²) in [5.74, 6) is 0. The standard InChI is InChI=1S/C15H20N4O/c16-12-13-4-6-14(7-5-13)18-15(20)17-8-3-11-19-9-1-2-10-19/h4-7H,1-3,8-11H2,(H2,17,18,20). The number of hydrogen-bond acceptors (Lipinski definition) is 3. The van der Waals surface area contributed by atoms with Gasteiger partial charge in [0.15, 0.2) is 0 Å². The second-order valence-corrected chi connectivity index (χ2v) is 4.97. The van der Waals surface area contributed by atoms with Gasteiger partial charge >= 0.3 is 6.03 Å². The van der Waals surface area contributed by atoms with Crippen LogP contribution in [0.3, 0.4) is 0 Å². The van der Waals surface area contributed by atoms with Gasteiger partial charge in [0.25, 0.3) is 0 Å². The minimum atomic E-state index is -0.198. The molecule has 0 unspecified atom stereocenters. The molecule has 0 spiro atoms. The average molecular weight is 272 g/mol. The SMILES string of the molecule is N#Cc1ccc(NC(=O)NCCCN2CCCC2)cc1. The second-order valence-electron chi connectivity index (χ2n) is 4.97. The third kappa shape index (κ3) is 4.56. The van der Waals surface area contributed by atoms with Crippen molar-refractivity contribution in [1.82, 2.24) is 10.2 Å². The van der Waals surface area contributed by atoms with Gasteiger partial charge in [-0.15, -0.1) is 0 Å². The van der Waals surface area contributed by atoms with Gasteiger partial charge in [-0.05, 0) is 63.2 Å². The fraction of sp³-hybridized carbons (Fsp3) is 0.467. The van der Waals surface area contributed by atoms with Crippen molar-refractivity contribution < 1.29 is 4.79 Å². The van der Waals surface area contributed by atoms with Crippen molar-refractivity contribution >= 4 is 11.7 Å². The molecule has 5 nitrogen and oxygen atoms in total. The molecule has 1 saturated heterocycles. The number of urea groups is 1. The van der Waals surface area contributed by atoms with E-state index in [-0.39, 0.29) is 6.03 Å². The molecular formula is C15H20N4O. The highest BCUT2D eigenvalue weighted by atomic mass is 16.2. The first kappa shape index (κ1) is 14.4. The number of nitrogens with zero attached hydrogens (tertiary/aromatic N) is 2. The summed E-state index contributed by atoms with van der Waals surface area (Å²) in [7, 11) is 0. The highest BCUT2D eigenvalue weighted by Crippen LogP contribution is 2.08. The van der Waals surface area contributed by atoms with Crippen LogP contribution in [-0.4, -0.2) is 37.1 Å². The maximum absolute atomic E-state index is 11.7. The summed E-state index contributed by atoms with van der Waals surface area (Å²) in [5, 5.41) is 14.3. The van der Waals surface area contributed by atoms with Crippen molar-refractivity contribution in [3.63, 3.8) is 0 Å². The molecule has 5 heteroatoms. The zero-order chi connectivity index (χ0) is 14.2. The van der Waals surface area contributed by atoms with Crippen molar-refractivity contribution in [2.45, 2.75) is 19.3 Å². The van der Waals surface area contributed by atoms with Gasteiger partial charge in [0, 0.05) is 12.2 Å². The molecule has 2 amide bonds. The molecule has 0 radical (unpaired) electrons. The summed E-state index contributed by atoms with van der Waals surface area (Å²) >= 11 is 0. The first-order valence-corrected chi connectivity index (χ1v) is 7.05. The maximum Gasteiger partial charge on any atom is 0.319 e. The number of anilines is 1. The van der Waals surface area contributed by atoms with Gasteiger partial charge in [-0.3, -0.25) is 0 Å². The third-order valence-electron chi connectivity index (χ3n) is 3.41. The van der Waals surface area contributed by atoms with E-state index in [4.69, 9.17) is 5.26 Å². The number of hydrogen-bond donors (Lipinski definition) is 2. The highest BCUT2D eigenvalue weighted by Gasteiger charge is 2.10. The van der Waals surface area contributed by atoms with Gasteiger partial charge in [0.1, 0.15) is 0 Å². The molecule has 1 aromatic rings. The Labute approximate surface area is 119 Å². The first-order valence-electron chi connectivity index (χ1n) is 7.05. The smallest absolute Gasteiger partial charge is 0.319 e. The Balaban J connectivity index is 1.63. The van der Waals surface area contributed by atoms with Crippen LogP contribution in [0, 0.1) is 11.3 Å². The maximum atomic E-state index is 11.7. The van der Waals surface area contributed by atoms with Crippen LogP contribution in [0.1, 0.15) is 24.8 Å². The number of carbonyl (C=O) groups is 1. The Morgan fingerprint density at radius 2 is 1.95 bits per heavy atom. The summed E-state index contributed by atoms with van der Waals surface area (Å²) in [5.41, 5.74) is 1.28. The molecule has 0 saturated carbocycles. The van der Waals surface area contributed by atoms with Crippen molar-refractivity contribution in [2.75, 3.05) is 31.5 Å². The second kappa shape index (κ2) is 7.51. The molecule has 0 aliphatic carbocycles. The Kier molecular flexibility index (Phi) is 5.39. The minimum absolute atomic E-state index is 0.198. The molecule has 0 atom stereocenters. The molecule has 1 aromatic carbocycles. The van der Waals surface area contributed by atoms with Gasteiger partial charge in [-0.25, -0.2) is 4.79 Å². The van der Waals surface area contributed by atoms with Crippen LogP contribution in [0.25, 0.3) is 0 Å². The predicted octanol–water partition coefficient (Wildman–Crippen LogP) is 2.17. The molecule has 20 heavy (non-hydrogen) atoms. The van der Waals surface area contributed by atoms with Crippen molar-refractivity contribution in [1.29, 1.82) is 5.26 Å². The van der Waals surface area contributed by atoms with Crippen LogP contribution < -0.4 is 10.6 Å². The van der Waals surface area contributed by atoms with E-state index < -0.39 is 0 Å². The van der Waals surface area contributed by atoms with E-state index in [0.717, 1.165) is 13.0 Å². The fourth-order valence-corrected chi connectivity index (χ4v) is 2.31. The molecular weight excluding hydrogens is 252 g/mol. The summed E-state index contributed by atoms with van der Waals surface area (Å²) in [4.78, 5) is 14.1. The lowest BCUT2D eigenvalue weighted by Crippen LogP contribution is -2.31. The van der Waals surface area contributed by atoms with E-state index in [1.165, 1.54) is 25.9 Å². The summed E-state index contributed by atoms with van der Waals surface area (Å²) in [6, 6.07) is 8.66. The zero-order valence-corrected chi connectivity index (χ0v) is 11.6. The molecule has 1 aliphatic heterocycles. The van der Waals surface area contributed by atoms with E-state index in [0.29, 0.717) is 17.8 Å². The Bertz CT molecular complexity index is 472. The van der Waals surface area contributed by atoms with Gasteiger partial charge in [-0.1, -0.05) is 0 Å². The van der Waals surface area contributed by atoms with Gasteiger partial charge in [0.2, 0.25) is 0 Å². The van der Waals surface area contributed by atoms with E-state index >= 15 is 0 Å². The van der Waals surface area contributed by atoms with Crippen LogP contribution >= 0.6 is 0 Å². The zero-order valence-electron chi connectivity index (χ0n) is 11.6. The molecule has 2 rings (SSSR count). The Morgan fingerprint density at radius 3 is 2.60 bits per heavy atom. The van der Waals surface area contributed by atoms with Gasteiger partial charge in [-0.2, -0.15) is 5.26 Å². The van der Waals surface area contributed by atoms with Gasteiger partial charge in [0.05, 0.1) is 11.6 Å². The number of likely N-dealkylation sites (tertiary alicyclic amines) is 1. The summed E-state index contributed by atoms with van der Waals surface area (Å²) in [6.07, 6.45) is 3.57. The van der Waals surface area contributed by atoms with Crippen molar-refractivity contribution in [2.24, 2.45) is 0 Å². The molecule has 106 valence electrons. The quantitative estimate of drug-likeness (QED) is 0.807. The van der Waals surface area contributed by atoms with Crippen LogP contribution in [-0.2, 0) is 0 Å². The number of rotatable bonds is 5. The van der Waals surface area contributed by atoms with Gasteiger partial charge < -0.3 is 15.5 Å². The number of nitrogens with one attached hydrogen (secondary N) is 2. The van der Waals surface area contributed by atoms with Crippen LogP contribution in [0.4, 0.5) is 10.5 Å². The first-order chi connectivity index (χ1) is 9.78. The van der Waals surface area contributed by atoms with E-state index in [1.54, 1.807) is 24.3 Å². The van der Waals surface area contributed by atoms with Crippen LogP contribution in [0.5, 0.6) is 0 Å². The number of amides is 2. The lowest BCUT2D eigenvalue weighted by molar-refractivity contribution is 0.251. The minimum Gasteiger partial charge on any atom is -0.338 e. The predicted molar refractivity (Wildman–Crippen MR) is 78.5 cm³/mol. The number of benzene rings is 1. The van der Waals surface area contributed by atoms with E-state index in [2.05, 4.69) is 15.5 Å². The Hall–Kier alpha value is -2.06. The topological polar surface area (TPSA) is 68.2 Å². The van der Waals surface area contributed by atoms with Crippen LogP contribution in [0.15, 0.2) is 24.3 Å². The summed E-state index contributed by atoms with van der Waals surface area (Å²) in [6.45, 7) is 4.12. The molecule has 2 N–H and O–H groups in total. The van der Waals surface area contributed by atoms with Crippen LogP contribution in [0.2, 0.25) is 0 Å². The molecule has 1 fully saturated rings. The third-order valence-corrected chi connectivity index (χ3v) is 3.41. The largest absolute Gasteiger partial charge is 0.338 e. The van der Waals surface area contributed by atoms with E-state index in [9.17, 15) is 4.79 Å². The number of nitriles is 1. The Morgan fingerprint density at radius 1 is 1.25 bits per heavy atom. The molecule has 1 aliphatic rings. The molecule has 0 aromatic heterocycles. The lowest BCUT2D eigenvalue weighted by Gasteiger charge is -2.14. The molecule has 1 heterocycles. The highest BCUT2D eigenvalue weighted by molar-refractivity contribution is 5.89. The fourth-order valence-electron chi connectivity index (χ4n) is 2.31. The summed E-state index contributed by atoms with van der Waals surface area (Å²) < 4.78 is 0. The van der Waals surface area contributed by atoms with Crippen molar-refractivity contribution in [3.05, 3.63) is 29.8 Å². The number of carbonyl (C=O) groups excluding carboxylic acids is 1. The lowest BCUT2D eigenvalue weighted by atomic mass is 10.2. The molecule has 0 bridgehead atoms. The normalized spacial score (nSPS) is 14.8. The monoisotopic (exact) mass is 272 g/mol. The average Bonchev–Trinajstić information content (AvgIpc) is 2.98. The van der Waals surface area contributed by atoms with Crippen molar-refractivity contribution in [3.8, 4) is 6.07 Å².